The van der Waals surface area contributed by atoms with Crippen LogP contribution in [0.4, 0.5) is 22.0 Å². The summed E-state index contributed by atoms with van der Waals surface area (Å²) in [5.41, 5.74) is -2.78. The van der Waals surface area contributed by atoms with E-state index >= 15 is 0 Å². The van der Waals surface area contributed by atoms with Gasteiger partial charge >= 0.3 is 12.8 Å². The van der Waals surface area contributed by atoms with Crippen LogP contribution in [0.2, 0.25) is 0 Å². The van der Waals surface area contributed by atoms with Crippen molar-refractivity contribution in [2.45, 2.75) is 38.3 Å². The number of aryl methyl sites for hydroxylation is 1. The first-order valence-electron chi connectivity index (χ1n) is 9.40. The minimum atomic E-state index is -4.95. The van der Waals surface area contributed by atoms with Crippen molar-refractivity contribution in [2.24, 2.45) is 12.0 Å². The molecule has 1 unspecified atom stereocenters. The Labute approximate surface area is 176 Å². The van der Waals surface area contributed by atoms with Crippen LogP contribution < -0.4 is 15.4 Å². The highest BCUT2D eigenvalue weighted by atomic mass is 19.4. The van der Waals surface area contributed by atoms with Crippen molar-refractivity contribution in [3.63, 3.8) is 0 Å². The molecule has 172 valence electrons. The van der Waals surface area contributed by atoms with Crippen LogP contribution in [0.3, 0.4) is 0 Å². The Morgan fingerprint density at radius 2 is 1.97 bits per heavy atom. The predicted molar refractivity (Wildman–Crippen MR) is 104 cm³/mol. The van der Waals surface area contributed by atoms with Crippen molar-refractivity contribution in [3.05, 3.63) is 48.0 Å². The zero-order chi connectivity index (χ0) is 23.1. The number of halogens is 5. The molecule has 3 N–H and O–H groups in total. The molecular formula is C19H24F5N5O2. The van der Waals surface area contributed by atoms with E-state index in [0.29, 0.717) is 12.1 Å². The summed E-state index contributed by atoms with van der Waals surface area (Å²) < 4.78 is 71.4. The SMILES string of the molecule is CCNC(=NCc1ccccc1OC(F)F)NCCC(O)(c1nccn1C)C(F)(F)F. The molecule has 2 rings (SSSR count). The van der Waals surface area contributed by atoms with Gasteiger partial charge in [0.1, 0.15) is 11.6 Å². The van der Waals surface area contributed by atoms with Crippen LogP contribution in [-0.2, 0) is 19.2 Å². The number of alkyl halides is 5. The Morgan fingerprint density at radius 1 is 1.26 bits per heavy atom. The minimum absolute atomic E-state index is 0.0432. The van der Waals surface area contributed by atoms with Crippen molar-refractivity contribution >= 4 is 5.96 Å². The van der Waals surface area contributed by atoms with E-state index in [9.17, 15) is 27.1 Å². The molecule has 0 saturated heterocycles. The van der Waals surface area contributed by atoms with E-state index in [1.807, 2.05) is 0 Å². The number of aliphatic hydroxyl groups is 1. The number of para-hydroxylation sites is 1. The summed E-state index contributed by atoms with van der Waals surface area (Å²) in [6, 6.07) is 6.08. The molecule has 0 amide bonds. The van der Waals surface area contributed by atoms with Crippen LogP contribution in [-0.4, -0.2) is 46.5 Å². The van der Waals surface area contributed by atoms with E-state index in [2.05, 4.69) is 25.3 Å². The Kier molecular flexibility index (Phi) is 8.20. The van der Waals surface area contributed by atoms with Crippen LogP contribution in [0.1, 0.15) is 24.7 Å². The third kappa shape index (κ3) is 6.29. The summed E-state index contributed by atoms with van der Waals surface area (Å²) in [4.78, 5) is 7.84. The molecule has 1 aromatic heterocycles. The van der Waals surface area contributed by atoms with Crippen LogP contribution in [0, 0.1) is 0 Å². The van der Waals surface area contributed by atoms with E-state index in [1.165, 1.54) is 31.6 Å². The molecule has 0 bridgehead atoms. The summed E-state index contributed by atoms with van der Waals surface area (Å²) in [5, 5.41) is 15.9. The van der Waals surface area contributed by atoms with E-state index in [4.69, 9.17) is 0 Å². The van der Waals surface area contributed by atoms with Gasteiger partial charge in [0.05, 0.1) is 6.54 Å². The number of aromatic nitrogens is 2. The molecule has 0 radical (unpaired) electrons. The lowest BCUT2D eigenvalue weighted by Gasteiger charge is -2.30. The van der Waals surface area contributed by atoms with Gasteiger partial charge in [-0.25, -0.2) is 9.98 Å². The number of ether oxygens (including phenoxy) is 1. The lowest BCUT2D eigenvalue weighted by molar-refractivity contribution is -0.272. The topological polar surface area (TPSA) is 83.7 Å². The van der Waals surface area contributed by atoms with Crippen LogP contribution in [0.5, 0.6) is 5.75 Å². The smallest absolute Gasteiger partial charge is 0.424 e. The van der Waals surface area contributed by atoms with Gasteiger partial charge in [0.15, 0.2) is 5.96 Å². The first-order chi connectivity index (χ1) is 14.6. The third-order valence-electron chi connectivity index (χ3n) is 4.38. The monoisotopic (exact) mass is 449 g/mol. The normalized spacial score (nSPS) is 14.4. The highest BCUT2D eigenvalue weighted by Gasteiger charge is 2.57. The van der Waals surface area contributed by atoms with Gasteiger partial charge in [-0.1, -0.05) is 18.2 Å². The molecule has 1 heterocycles. The number of benzene rings is 1. The maximum absolute atomic E-state index is 13.6. The van der Waals surface area contributed by atoms with Gasteiger partial charge in [0.25, 0.3) is 0 Å². The molecule has 0 aliphatic heterocycles. The number of imidazole rings is 1. The van der Waals surface area contributed by atoms with Crippen molar-refractivity contribution < 1.29 is 31.8 Å². The number of rotatable bonds is 9. The first-order valence-corrected chi connectivity index (χ1v) is 9.40. The standard InChI is InChI=1S/C19H24F5N5O2/c1-3-25-17(28-12-13-6-4-5-7-14(13)31-16(20)21)27-9-8-18(30,19(22,23)24)15-26-10-11-29(15)2/h4-7,10-11,16,30H,3,8-9,12H2,1-2H3,(H2,25,27,28). The molecular weight excluding hydrogens is 425 g/mol. The number of hydrogen-bond acceptors (Lipinski definition) is 4. The third-order valence-corrected chi connectivity index (χ3v) is 4.38. The Morgan fingerprint density at radius 3 is 2.55 bits per heavy atom. The van der Waals surface area contributed by atoms with Gasteiger partial charge in [-0.3, -0.25) is 0 Å². The molecule has 1 atom stereocenters. The van der Waals surface area contributed by atoms with Crippen LogP contribution in [0.25, 0.3) is 0 Å². The largest absolute Gasteiger partial charge is 0.434 e. The minimum Gasteiger partial charge on any atom is -0.434 e. The second kappa shape index (κ2) is 10.4. The van der Waals surface area contributed by atoms with E-state index in [1.54, 1.807) is 19.1 Å². The number of aliphatic imine (C=N–C) groups is 1. The first kappa shape index (κ1) is 24.4. The average Bonchev–Trinajstić information content (AvgIpc) is 3.12. The maximum Gasteiger partial charge on any atom is 0.424 e. The summed E-state index contributed by atoms with van der Waals surface area (Å²) in [7, 11) is 1.36. The van der Waals surface area contributed by atoms with Gasteiger partial charge in [0.2, 0.25) is 5.60 Å². The van der Waals surface area contributed by atoms with E-state index < -0.39 is 30.6 Å². The fraction of sp³-hybridized carbons (Fsp3) is 0.474. The molecule has 0 aliphatic carbocycles. The summed E-state index contributed by atoms with van der Waals surface area (Å²) in [5.74, 6) is -0.418. The van der Waals surface area contributed by atoms with Crippen molar-refractivity contribution in [3.8, 4) is 5.75 Å². The van der Waals surface area contributed by atoms with Gasteiger partial charge < -0.3 is 25.0 Å². The maximum atomic E-state index is 13.6. The molecule has 0 fully saturated rings. The fourth-order valence-corrected chi connectivity index (χ4v) is 2.86. The van der Waals surface area contributed by atoms with Crippen molar-refractivity contribution in [1.82, 2.24) is 20.2 Å². The quantitative estimate of drug-likeness (QED) is 0.312. The Hall–Kier alpha value is -2.89. The number of hydrogen-bond donors (Lipinski definition) is 3. The predicted octanol–water partition coefficient (Wildman–Crippen LogP) is 2.92. The van der Waals surface area contributed by atoms with Crippen LogP contribution in [0.15, 0.2) is 41.7 Å². The summed E-state index contributed by atoms with van der Waals surface area (Å²) >= 11 is 0. The zero-order valence-electron chi connectivity index (χ0n) is 17.0. The summed E-state index contributed by atoms with van der Waals surface area (Å²) in [6.45, 7) is -1.18. The molecule has 12 heteroatoms. The van der Waals surface area contributed by atoms with Crippen LogP contribution >= 0.6 is 0 Å². The van der Waals surface area contributed by atoms with Gasteiger partial charge in [-0.2, -0.15) is 22.0 Å². The van der Waals surface area contributed by atoms with E-state index in [0.717, 1.165) is 4.57 Å². The molecule has 1 aromatic carbocycles. The number of nitrogens with zero attached hydrogens (tertiary/aromatic N) is 3. The average molecular weight is 449 g/mol. The molecule has 0 spiro atoms. The van der Waals surface area contributed by atoms with Gasteiger partial charge in [-0.15, -0.1) is 0 Å². The number of guanidine groups is 1. The molecule has 31 heavy (non-hydrogen) atoms. The Bertz CT molecular complexity index is 871. The van der Waals surface area contributed by atoms with Crippen molar-refractivity contribution in [1.29, 1.82) is 0 Å². The highest BCUT2D eigenvalue weighted by Crippen LogP contribution is 2.40. The second-order valence-corrected chi connectivity index (χ2v) is 6.58. The summed E-state index contributed by atoms with van der Waals surface area (Å²) in [6.07, 6.45) is -3.19. The fourth-order valence-electron chi connectivity index (χ4n) is 2.86. The van der Waals surface area contributed by atoms with Gasteiger partial charge in [0, 0.05) is 44.5 Å². The second-order valence-electron chi connectivity index (χ2n) is 6.58. The van der Waals surface area contributed by atoms with Crippen molar-refractivity contribution in [2.75, 3.05) is 13.1 Å². The van der Waals surface area contributed by atoms with Gasteiger partial charge in [-0.05, 0) is 13.0 Å². The molecule has 0 aliphatic rings. The lowest BCUT2D eigenvalue weighted by Crippen LogP contribution is -2.47. The highest BCUT2D eigenvalue weighted by molar-refractivity contribution is 5.79. The zero-order valence-corrected chi connectivity index (χ0v) is 17.0. The Balaban J connectivity index is 2.11. The van der Waals surface area contributed by atoms with E-state index in [-0.39, 0.29) is 24.8 Å². The lowest BCUT2D eigenvalue weighted by atomic mass is 9.97. The molecule has 0 saturated carbocycles. The molecule has 7 nitrogen and oxygen atoms in total. The number of nitrogens with one attached hydrogen (secondary N) is 2. The molecule has 2 aromatic rings.